The Hall–Kier alpha value is -1.29. The van der Waals surface area contributed by atoms with Gasteiger partial charge in [0.1, 0.15) is 0 Å². The van der Waals surface area contributed by atoms with Gasteiger partial charge in [0.15, 0.2) is 0 Å². The molecule has 0 amide bonds. The zero-order valence-corrected chi connectivity index (χ0v) is 8.10. The minimum atomic E-state index is -0.416. The zero-order chi connectivity index (χ0) is 10.6. The van der Waals surface area contributed by atoms with E-state index in [9.17, 15) is 9.90 Å². The second-order valence-electron chi connectivity index (χ2n) is 3.10. The molecular formula is C10H14O4. The van der Waals surface area contributed by atoms with Crippen LogP contribution in [0.3, 0.4) is 0 Å². The van der Waals surface area contributed by atoms with Gasteiger partial charge in [-0.1, -0.05) is 18.7 Å². The first-order valence-electron chi connectivity index (χ1n) is 4.38. The van der Waals surface area contributed by atoms with Crippen molar-refractivity contribution in [1.82, 2.24) is 0 Å². The number of hydrogen-bond acceptors (Lipinski definition) is 4. The Balaban J connectivity index is 2.59. The van der Waals surface area contributed by atoms with Crippen LogP contribution >= 0.6 is 0 Å². The van der Waals surface area contributed by atoms with E-state index < -0.39 is 5.92 Å². The summed E-state index contributed by atoms with van der Waals surface area (Å²) in [6, 6.07) is 0. The molecule has 0 saturated heterocycles. The van der Waals surface area contributed by atoms with Crippen LogP contribution in [0, 0.1) is 5.92 Å². The zero-order valence-electron chi connectivity index (χ0n) is 8.10. The summed E-state index contributed by atoms with van der Waals surface area (Å²) in [6.45, 7) is 3.93. The lowest BCUT2D eigenvalue weighted by atomic mass is 9.97. The maximum atomic E-state index is 11.0. The first-order chi connectivity index (χ1) is 6.65. The summed E-state index contributed by atoms with van der Waals surface area (Å²) >= 11 is 0. The molecule has 14 heavy (non-hydrogen) atoms. The summed E-state index contributed by atoms with van der Waals surface area (Å²) < 4.78 is 9.80. The van der Waals surface area contributed by atoms with Crippen LogP contribution in [0.5, 0.6) is 0 Å². The van der Waals surface area contributed by atoms with Gasteiger partial charge in [0, 0.05) is 0 Å². The van der Waals surface area contributed by atoms with E-state index in [1.54, 1.807) is 0 Å². The first-order valence-corrected chi connectivity index (χ1v) is 4.38. The van der Waals surface area contributed by atoms with Gasteiger partial charge in [-0.15, -0.1) is 0 Å². The summed E-state index contributed by atoms with van der Waals surface area (Å²) in [5.74, 6) is -0.845. The second-order valence-corrected chi connectivity index (χ2v) is 3.10. The van der Waals surface area contributed by atoms with Gasteiger partial charge in [0.2, 0.25) is 0 Å². The summed E-state index contributed by atoms with van der Waals surface area (Å²) in [5, 5.41) is 9.30. The molecule has 2 unspecified atom stereocenters. The van der Waals surface area contributed by atoms with Gasteiger partial charge >= 0.3 is 5.97 Å². The number of hydrogen-bond donors (Lipinski definition) is 1. The van der Waals surface area contributed by atoms with E-state index in [2.05, 4.69) is 11.3 Å². The number of methoxy groups -OCH3 is 1. The average Bonchev–Trinajstić information content (AvgIpc) is 2.65. The lowest BCUT2D eigenvalue weighted by Crippen LogP contribution is -2.24. The molecule has 4 heteroatoms. The third-order valence-corrected chi connectivity index (χ3v) is 2.15. The van der Waals surface area contributed by atoms with Gasteiger partial charge in [0.05, 0.1) is 37.9 Å². The third-order valence-electron chi connectivity index (χ3n) is 2.15. The number of ether oxygens (including phenoxy) is 2. The Morgan fingerprint density at radius 1 is 1.86 bits per heavy atom. The van der Waals surface area contributed by atoms with Crippen LogP contribution in [0.4, 0.5) is 0 Å². The maximum Gasteiger partial charge on any atom is 0.306 e. The van der Waals surface area contributed by atoms with Crippen molar-refractivity contribution in [2.45, 2.75) is 12.5 Å². The molecule has 1 aliphatic heterocycles. The fourth-order valence-corrected chi connectivity index (χ4v) is 1.35. The minimum Gasteiger partial charge on any atom is -0.513 e. The largest absolute Gasteiger partial charge is 0.513 e. The molecule has 4 nitrogen and oxygen atoms in total. The molecule has 1 aliphatic rings. The molecular weight excluding hydrogens is 184 g/mol. The Morgan fingerprint density at radius 3 is 3.00 bits per heavy atom. The predicted molar refractivity (Wildman–Crippen MR) is 50.8 cm³/mol. The molecule has 1 rings (SSSR count). The highest BCUT2D eigenvalue weighted by molar-refractivity contribution is 5.70. The number of aliphatic hydroxyl groups is 1. The minimum absolute atomic E-state index is 0.0491. The molecule has 1 N–H and O–H groups in total. The molecule has 0 fully saturated rings. The third kappa shape index (κ3) is 2.60. The van der Waals surface area contributed by atoms with E-state index in [0.717, 1.165) is 0 Å². The Morgan fingerprint density at radius 2 is 2.57 bits per heavy atom. The van der Waals surface area contributed by atoms with Crippen LogP contribution in [-0.4, -0.2) is 30.9 Å². The van der Waals surface area contributed by atoms with Gasteiger partial charge in [-0.05, 0) is 0 Å². The van der Waals surface area contributed by atoms with E-state index in [0.29, 0.717) is 6.61 Å². The molecule has 78 valence electrons. The van der Waals surface area contributed by atoms with E-state index in [-0.39, 0.29) is 24.3 Å². The number of rotatable bonds is 4. The average molecular weight is 198 g/mol. The lowest BCUT2D eigenvalue weighted by Gasteiger charge is -2.19. The van der Waals surface area contributed by atoms with E-state index >= 15 is 0 Å². The van der Waals surface area contributed by atoms with Crippen molar-refractivity contribution >= 4 is 5.97 Å². The number of carbonyl (C=O) groups excluding carboxylic acids is 1. The van der Waals surface area contributed by atoms with Gasteiger partial charge < -0.3 is 14.6 Å². The molecule has 0 spiro atoms. The normalized spacial score (nSPS) is 21.9. The number of esters is 1. The summed E-state index contributed by atoms with van der Waals surface area (Å²) in [6.07, 6.45) is 3.47. The van der Waals surface area contributed by atoms with Crippen molar-refractivity contribution in [3.8, 4) is 0 Å². The fraction of sp³-hybridized carbons (Fsp3) is 0.500. The Labute approximate surface area is 82.8 Å². The summed E-state index contributed by atoms with van der Waals surface area (Å²) in [5.41, 5.74) is 0. The van der Waals surface area contributed by atoms with Crippen LogP contribution in [0.1, 0.15) is 6.42 Å². The van der Waals surface area contributed by atoms with Crippen LogP contribution in [0.2, 0.25) is 0 Å². The van der Waals surface area contributed by atoms with Crippen molar-refractivity contribution in [3.05, 3.63) is 24.5 Å². The molecule has 2 atom stereocenters. The van der Waals surface area contributed by atoms with E-state index in [4.69, 9.17) is 4.74 Å². The molecule has 1 heterocycles. The van der Waals surface area contributed by atoms with Gasteiger partial charge in [0.25, 0.3) is 0 Å². The van der Waals surface area contributed by atoms with Crippen LogP contribution in [0.15, 0.2) is 24.5 Å². The second kappa shape index (κ2) is 4.81. The monoisotopic (exact) mass is 198 g/mol. The van der Waals surface area contributed by atoms with Crippen molar-refractivity contribution in [1.29, 1.82) is 0 Å². The molecule has 0 aliphatic carbocycles. The smallest absolute Gasteiger partial charge is 0.306 e. The van der Waals surface area contributed by atoms with E-state index in [1.165, 1.54) is 7.11 Å². The Kier molecular flexibility index (Phi) is 3.71. The highest BCUT2D eigenvalue weighted by Crippen LogP contribution is 2.23. The quantitative estimate of drug-likeness (QED) is 0.419. The number of carbonyl (C=O) groups is 1. The molecule has 0 aromatic carbocycles. The standard InChI is InChI=1S/C10H14O4/c1-7(11)8(6-10(12)13-2)9-4-3-5-14-9/h3-4,8-9,11H,1,5-6H2,2H3. The van der Waals surface area contributed by atoms with Gasteiger partial charge in [-0.3, -0.25) is 4.79 Å². The molecule has 0 aromatic heterocycles. The summed E-state index contributed by atoms with van der Waals surface area (Å²) in [4.78, 5) is 11.0. The molecule has 0 saturated carbocycles. The highest BCUT2D eigenvalue weighted by Gasteiger charge is 2.27. The maximum absolute atomic E-state index is 11.0. The van der Waals surface area contributed by atoms with Crippen LogP contribution in [0.25, 0.3) is 0 Å². The van der Waals surface area contributed by atoms with Crippen molar-refractivity contribution in [3.63, 3.8) is 0 Å². The SMILES string of the molecule is C=C(O)C(CC(=O)OC)C1C=CCO1. The number of aliphatic hydroxyl groups excluding tert-OH is 1. The molecule has 0 radical (unpaired) electrons. The van der Waals surface area contributed by atoms with Crippen molar-refractivity contribution in [2.24, 2.45) is 5.92 Å². The van der Waals surface area contributed by atoms with Crippen molar-refractivity contribution < 1.29 is 19.4 Å². The molecule has 0 bridgehead atoms. The topological polar surface area (TPSA) is 55.8 Å². The summed E-state index contributed by atoms with van der Waals surface area (Å²) in [7, 11) is 1.31. The van der Waals surface area contributed by atoms with Gasteiger partial charge in [-0.2, -0.15) is 0 Å². The highest BCUT2D eigenvalue weighted by atomic mass is 16.5. The lowest BCUT2D eigenvalue weighted by molar-refractivity contribution is -0.142. The molecule has 0 aromatic rings. The fourth-order valence-electron chi connectivity index (χ4n) is 1.35. The van der Waals surface area contributed by atoms with Crippen molar-refractivity contribution in [2.75, 3.05) is 13.7 Å². The van der Waals surface area contributed by atoms with Crippen LogP contribution in [-0.2, 0) is 14.3 Å². The predicted octanol–water partition coefficient (Wildman–Crippen LogP) is 1.19. The van der Waals surface area contributed by atoms with Crippen LogP contribution < -0.4 is 0 Å². The van der Waals surface area contributed by atoms with E-state index in [1.807, 2.05) is 12.2 Å². The first kappa shape index (κ1) is 10.8. The van der Waals surface area contributed by atoms with Gasteiger partial charge in [-0.25, -0.2) is 0 Å². The Bertz CT molecular complexity index is 257.